The molecule has 4 rings (SSSR count). The predicted molar refractivity (Wildman–Crippen MR) is 117 cm³/mol. The highest BCUT2D eigenvalue weighted by atomic mass is 32.2. The topological polar surface area (TPSA) is 52.8 Å². The number of benzene rings is 2. The van der Waals surface area contributed by atoms with Gasteiger partial charge in [0.2, 0.25) is 0 Å². The van der Waals surface area contributed by atoms with E-state index >= 15 is 0 Å². The van der Waals surface area contributed by atoms with Gasteiger partial charge in [0, 0.05) is 29.4 Å². The SMILES string of the molecule is Cc1ccc(-n2c(SCCCOc3ccccc3)nnc2-c2ccncc2)cc1. The Kier molecular flexibility index (Phi) is 6.22. The number of para-hydroxylation sites is 1. The van der Waals surface area contributed by atoms with E-state index in [1.165, 1.54) is 5.56 Å². The average molecular weight is 403 g/mol. The van der Waals surface area contributed by atoms with Gasteiger partial charge in [0.15, 0.2) is 11.0 Å². The van der Waals surface area contributed by atoms with Gasteiger partial charge < -0.3 is 4.74 Å². The molecule has 5 nitrogen and oxygen atoms in total. The molecule has 2 aromatic heterocycles. The van der Waals surface area contributed by atoms with E-state index in [9.17, 15) is 0 Å². The first-order chi connectivity index (χ1) is 14.3. The Morgan fingerprint density at radius 2 is 1.66 bits per heavy atom. The van der Waals surface area contributed by atoms with Gasteiger partial charge in [-0.2, -0.15) is 0 Å². The molecule has 0 aliphatic heterocycles. The van der Waals surface area contributed by atoms with Crippen molar-refractivity contribution in [2.45, 2.75) is 18.5 Å². The summed E-state index contributed by atoms with van der Waals surface area (Å²) in [5, 5.41) is 9.80. The number of hydrogen-bond donors (Lipinski definition) is 0. The highest BCUT2D eigenvalue weighted by Gasteiger charge is 2.16. The van der Waals surface area contributed by atoms with Crippen LogP contribution in [0.25, 0.3) is 17.1 Å². The lowest BCUT2D eigenvalue weighted by atomic mass is 10.2. The van der Waals surface area contributed by atoms with E-state index < -0.39 is 0 Å². The number of nitrogens with zero attached hydrogens (tertiary/aromatic N) is 4. The zero-order chi connectivity index (χ0) is 19.9. The van der Waals surface area contributed by atoms with Gasteiger partial charge in [-0.3, -0.25) is 9.55 Å². The quantitative estimate of drug-likeness (QED) is 0.299. The fraction of sp³-hybridized carbons (Fsp3) is 0.174. The largest absolute Gasteiger partial charge is 0.494 e. The van der Waals surface area contributed by atoms with Gasteiger partial charge >= 0.3 is 0 Å². The second-order valence-electron chi connectivity index (χ2n) is 6.58. The molecule has 0 amide bonds. The Hall–Kier alpha value is -3.12. The molecule has 0 spiro atoms. The van der Waals surface area contributed by atoms with Crippen LogP contribution < -0.4 is 4.74 Å². The van der Waals surface area contributed by atoms with E-state index in [1.54, 1.807) is 24.2 Å². The molecular formula is C23H22N4OS. The van der Waals surface area contributed by atoms with E-state index in [4.69, 9.17) is 4.74 Å². The van der Waals surface area contributed by atoms with Gasteiger partial charge in [-0.15, -0.1) is 10.2 Å². The molecule has 0 aliphatic rings. The summed E-state index contributed by atoms with van der Waals surface area (Å²) >= 11 is 1.69. The van der Waals surface area contributed by atoms with Crippen LogP contribution >= 0.6 is 11.8 Å². The fourth-order valence-corrected chi connectivity index (χ4v) is 3.77. The molecule has 2 heterocycles. The lowest BCUT2D eigenvalue weighted by Gasteiger charge is -2.11. The lowest BCUT2D eigenvalue weighted by molar-refractivity contribution is 0.318. The molecule has 4 aromatic rings. The Labute approximate surface area is 174 Å². The number of thioether (sulfide) groups is 1. The molecule has 0 unspecified atom stereocenters. The summed E-state index contributed by atoms with van der Waals surface area (Å²) in [6.07, 6.45) is 4.47. The highest BCUT2D eigenvalue weighted by Crippen LogP contribution is 2.28. The van der Waals surface area contributed by atoms with Crippen LogP contribution in [0.3, 0.4) is 0 Å². The second-order valence-corrected chi connectivity index (χ2v) is 7.64. The molecule has 2 aromatic carbocycles. The molecular weight excluding hydrogens is 380 g/mol. The highest BCUT2D eigenvalue weighted by molar-refractivity contribution is 7.99. The summed E-state index contributed by atoms with van der Waals surface area (Å²) in [7, 11) is 0. The molecule has 0 aliphatic carbocycles. The molecule has 0 saturated carbocycles. The zero-order valence-electron chi connectivity index (χ0n) is 16.2. The molecule has 0 saturated heterocycles. The third-order valence-corrected chi connectivity index (χ3v) is 5.41. The summed E-state index contributed by atoms with van der Waals surface area (Å²) in [5.74, 6) is 2.62. The normalized spacial score (nSPS) is 10.8. The van der Waals surface area contributed by atoms with Gasteiger partial charge in [-0.25, -0.2) is 0 Å². The van der Waals surface area contributed by atoms with Gasteiger partial charge in [0.1, 0.15) is 5.75 Å². The van der Waals surface area contributed by atoms with Crippen molar-refractivity contribution in [2.75, 3.05) is 12.4 Å². The third-order valence-electron chi connectivity index (χ3n) is 4.40. The number of ether oxygens (including phenoxy) is 1. The van der Waals surface area contributed by atoms with E-state index in [-0.39, 0.29) is 0 Å². The maximum Gasteiger partial charge on any atom is 0.196 e. The molecule has 29 heavy (non-hydrogen) atoms. The smallest absolute Gasteiger partial charge is 0.196 e. The van der Waals surface area contributed by atoms with Crippen LogP contribution in [-0.2, 0) is 0 Å². The van der Waals surface area contributed by atoms with Gasteiger partial charge in [-0.05, 0) is 49.7 Å². The molecule has 0 atom stereocenters. The van der Waals surface area contributed by atoms with Crippen LogP contribution in [0.5, 0.6) is 5.75 Å². The van der Waals surface area contributed by atoms with Crippen LogP contribution in [0.4, 0.5) is 0 Å². The van der Waals surface area contributed by atoms with Crippen LogP contribution in [0.15, 0.2) is 84.3 Å². The predicted octanol–water partition coefficient (Wildman–Crippen LogP) is 5.20. The van der Waals surface area contributed by atoms with Crippen LogP contribution in [-0.4, -0.2) is 32.1 Å². The van der Waals surface area contributed by atoms with E-state index in [0.717, 1.165) is 40.2 Å². The number of pyridine rings is 1. The fourth-order valence-electron chi connectivity index (χ4n) is 2.91. The molecule has 0 fully saturated rings. The zero-order valence-corrected chi connectivity index (χ0v) is 17.0. The number of aryl methyl sites for hydroxylation is 1. The van der Waals surface area contributed by atoms with Crippen molar-refractivity contribution >= 4 is 11.8 Å². The van der Waals surface area contributed by atoms with Gasteiger partial charge in [0.05, 0.1) is 6.61 Å². The first-order valence-electron chi connectivity index (χ1n) is 9.55. The minimum absolute atomic E-state index is 0.674. The summed E-state index contributed by atoms with van der Waals surface area (Å²) in [4.78, 5) is 4.11. The summed E-state index contributed by atoms with van der Waals surface area (Å²) < 4.78 is 7.89. The van der Waals surface area contributed by atoms with Crippen molar-refractivity contribution < 1.29 is 4.74 Å². The Bertz CT molecular complexity index is 1030. The Morgan fingerprint density at radius 1 is 0.897 bits per heavy atom. The lowest BCUT2D eigenvalue weighted by Crippen LogP contribution is -2.02. The molecule has 0 bridgehead atoms. The number of aromatic nitrogens is 4. The molecule has 6 heteroatoms. The average Bonchev–Trinajstić information content (AvgIpc) is 3.19. The standard InChI is InChI=1S/C23H22N4OS/c1-18-8-10-20(11-9-18)27-22(19-12-14-24-15-13-19)25-26-23(27)29-17-5-16-28-21-6-3-2-4-7-21/h2-4,6-15H,5,16-17H2,1H3. The molecule has 146 valence electrons. The van der Waals surface area contributed by atoms with E-state index in [2.05, 4.69) is 50.9 Å². The maximum atomic E-state index is 5.78. The van der Waals surface area contributed by atoms with Crippen molar-refractivity contribution in [3.05, 3.63) is 84.7 Å². The first kappa shape index (κ1) is 19.2. The van der Waals surface area contributed by atoms with Gasteiger partial charge in [-0.1, -0.05) is 47.7 Å². The van der Waals surface area contributed by atoms with Crippen molar-refractivity contribution in [3.63, 3.8) is 0 Å². The van der Waals surface area contributed by atoms with Crippen molar-refractivity contribution in [3.8, 4) is 22.8 Å². The van der Waals surface area contributed by atoms with E-state index in [1.807, 2.05) is 42.5 Å². The summed E-state index contributed by atoms with van der Waals surface area (Å²) in [5.41, 5.74) is 3.27. The minimum atomic E-state index is 0.674. The van der Waals surface area contributed by atoms with Crippen LogP contribution in [0.1, 0.15) is 12.0 Å². The van der Waals surface area contributed by atoms with Crippen molar-refractivity contribution in [1.82, 2.24) is 19.7 Å². The van der Waals surface area contributed by atoms with Crippen LogP contribution in [0, 0.1) is 6.92 Å². The molecule has 0 radical (unpaired) electrons. The number of hydrogen-bond acceptors (Lipinski definition) is 5. The van der Waals surface area contributed by atoms with Crippen molar-refractivity contribution in [2.24, 2.45) is 0 Å². The molecule has 0 N–H and O–H groups in total. The Morgan fingerprint density at radius 3 is 2.41 bits per heavy atom. The summed E-state index contributed by atoms with van der Waals surface area (Å²) in [6.45, 7) is 2.76. The first-order valence-corrected chi connectivity index (χ1v) is 10.5. The summed E-state index contributed by atoms with van der Waals surface area (Å²) in [6, 6.07) is 22.2. The maximum absolute atomic E-state index is 5.78. The number of rotatable bonds is 8. The second kappa shape index (κ2) is 9.39. The Balaban J connectivity index is 1.49. The van der Waals surface area contributed by atoms with Gasteiger partial charge in [0.25, 0.3) is 0 Å². The third kappa shape index (κ3) is 4.84. The monoisotopic (exact) mass is 402 g/mol. The van der Waals surface area contributed by atoms with Crippen molar-refractivity contribution in [1.29, 1.82) is 0 Å². The van der Waals surface area contributed by atoms with E-state index in [0.29, 0.717) is 6.61 Å². The minimum Gasteiger partial charge on any atom is -0.494 e. The van der Waals surface area contributed by atoms with Crippen LogP contribution in [0.2, 0.25) is 0 Å².